The van der Waals surface area contributed by atoms with E-state index in [1.807, 2.05) is 0 Å². The summed E-state index contributed by atoms with van der Waals surface area (Å²) in [6, 6.07) is 50.8. The fraction of sp³-hybridized carbons (Fsp3) is 0.300. The van der Waals surface area contributed by atoms with Crippen LogP contribution in [-0.4, -0.2) is 0 Å². The Hall–Kier alpha value is -5.86. The van der Waals surface area contributed by atoms with Gasteiger partial charge in [0, 0.05) is 33.0 Å². The molecule has 0 radical (unpaired) electrons. The van der Waals surface area contributed by atoms with Crippen molar-refractivity contribution in [2.24, 2.45) is 0 Å². The summed E-state index contributed by atoms with van der Waals surface area (Å²) in [6.07, 6.45) is 0. The summed E-state index contributed by atoms with van der Waals surface area (Å²) < 4.78 is 7.14. The van der Waals surface area contributed by atoms with Crippen LogP contribution in [0, 0.1) is 0 Å². The third-order valence-electron chi connectivity index (χ3n) is 14.3. The molecule has 0 atom stereocenters. The van der Waals surface area contributed by atoms with Crippen molar-refractivity contribution < 1.29 is 4.42 Å². The number of nitrogens with zero attached hydrogens (tertiary/aromatic N) is 1. The number of para-hydroxylation sites is 1. The molecule has 2 heteroatoms. The van der Waals surface area contributed by atoms with Crippen molar-refractivity contribution in [2.45, 2.75) is 117 Å². The zero-order valence-corrected chi connectivity index (χ0v) is 39.1. The molecule has 0 bridgehead atoms. The molecule has 2 aliphatic rings. The monoisotopic (exact) mass is 811 g/mol. The predicted molar refractivity (Wildman–Crippen MR) is 265 cm³/mol. The quantitative estimate of drug-likeness (QED) is 0.176. The SMILES string of the molecule is CC(C)(C)c1cc(-c2ccc(N(c3ccc4c(c3)C(C)(C)c3ccccc3-4)c3ccc4c(c3)C(C)(C)c3cc(C(C)(C)C)ccc3-4)c3oc4ccccc4c23)cc(C(C)(C)C)c1. The maximum Gasteiger partial charge on any atom is 0.160 e. The third kappa shape index (κ3) is 6.11. The fourth-order valence-electron chi connectivity index (χ4n) is 10.5. The van der Waals surface area contributed by atoms with E-state index in [4.69, 9.17) is 4.42 Å². The van der Waals surface area contributed by atoms with E-state index < -0.39 is 0 Å². The molecule has 2 nitrogen and oxygen atoms in total. The summed E-state index contributed by atoms with van der Waals surface area (Å²) >= 11 is 0. The second kappa shape index (κ2) is 13.3. The molecule has 1 aromatic heterocycles. The van der Waals surface area contributed by atoms with Crippen molar-refractivity contribution >= 4 is 39.0 Å². The van der Waals surface area contributed by atoms with Gasteiger partial charge in [-0.2, -0.15) is 0 Å². The maximum absolute atomic E-state index is 7.14. The number of rotatable bonds is 4. The molecule has 0 N–H and O–H groups in total. The first-order chi connectivity index (χ1) is 29.1. The summed E-state index contributed by atoms with van der Waals surface area (Å²) in [7, 11) is 0. The van der Waals surface area contributed by atoms with Gasteiger partial charge in [-0.05, 0) is 125 Å². The third-order valence-corrected chi connectivity index (χ3v) is 14.3. The molecular formula is C60H61NO. The molecule has 2 aliphatic carbocycles. The van der Waals surface area contributed by atoms with Crippen LogP contribution in [-0.2, 0) is 27.1 Å². The number of hydrogen-bond donors (Lipinski definition) is 0. The summed E-state index contributed by atoms with van der Waals surface area (Å²) in [4.78, 5) is 2.47. The van der Waals surface area contributed by atoms with Crippen LogP contribution < -0.4 is 4.90 Å². The van der Waals surface area contributed by atoms with E-state index in [1.54, 1.807) is 0 Å². The lowest BCUT2D eigenvalue weighted by Gasteiger charge is -2.30. The molecule has 0 saturated heterocycles. The first-order valence-corrected chi connectivity index (χ1v) is 22.6. The van der Waals surface area contributed by atoms with Crippen LogP contribution in [0.5, 0.6) is 0 Å². The van der Waals surface area contributed by atoms with E-state index in [9.17, 15) is 0 Å². The predicted octanol–water partition coefficient (Wildman–Crippen LogP) is 17.2. The molecule has 0 unspecified atom stereocenters. The molecule has 0 fully saturated rings. The van der Waals surface area contributed by atoms with Crippen LogP contribution >= 0.6 is 0 Å². The summed E-state index contributed by atoms with van der Waals surface area (Å²) in [5, 5.41) is 2.27. The van der Waals surface area contributed by atoms with Gasteiger partial charge in [0.25, 0.3) is 0 Å². The van der Waals surface area contributed by atoms with Crippen molar-refractivity contribution in [1.82, 2.24) is 0 Å². The fourth-order valence-corrected chi connectivity index (χ4v) is 10.5. The Balaban J connectivity index is 1.24. The summed E-state index contributed by atoms with van der Waals surface area (Å²) in [6.45, 7) is 30.4. The van der Waals surface area contributed by atoms with E-state index in [-0.39, 0.29) is 27.1 Å². The number of benzene rings is 7. The average molecular weight is 812 g/mol. The number of furan rings is 1. The minimum Gasteiger partial charge on any atom is -0.454 e. The molecule has 1 heterocycles. The van der Waals surface area contributed by atoms with Gasteiger partial charge < -0.3 is 9.32 Å². The van der Waals surface area contributed by atoms with E-state index in [1.165, 1.54) is 72.3 Å². The molecule has 62 heavy (non-hydrogen) atoms. The summed E-state index contributed by atoms with van der Waals surface area (Å²) in [5.74, 6) is 0. The van der Waals surface area contributed by atoms with E-state index in [2.05, 4.69) is 228 Å². The second-order valence-corrected chi connectivity index (χ2v) is 22.3. The van der Waals surface area contributed by atoms with Gasteiger partial charge in [0.15, 0.2) is 5.58 Å². The van der Waals surface area contributed by atoms with E-state index >= 15 is 0 Å². The number of anilines is 3. The highest BCUT2D eigenvalue weighted by atomic mass is 16.3. The highest BCUT2D eigenvalue weighted by Gasteiger charge is 2.39. The van der Waals surface area contributed by atoms with Gasteiger partial charge in [0.05, 0.1) is 5.69 Å². The molecule has 7 aromatic carbocycles. The Morgan fingerprint density at radius 3 is 1.50 bits per heavy atom. The molecular weight excluding hydrogens is 751 g/mol. The van der Waals surface area contributed by atoms with Crippen molar-refractivity contribution in [2.75, 3.05) is 4.90 Å². The van der Waals surface area contributed by atoms with E-state index in [0.717, 1.165) is 39.0 Å². The number of fused-ring (bicyclic) bond motifs is 9. The number of hydrogen-bond acceptors (Lipinski definition) is 2. The lowest BCUT2D eigenvalue weighted by Crippen LogP contribution is -2.19. The molecule has 0 spiro atoms. The van der Waals surface area contributed by atoms with Gasteiger partial charge >= 0.3 is 0 Å². The highest BCUT2D eigenvalue weighted by Crippen LogP contribution is 2.55. The van der Waals surface area contributed by atoms with Crippen molar-refractivity contribution in [1.29, 1.82) is 0 Å². The van der Waals surface area contributed by atoms with E-state index in [0.29, 0.717) is 0 Å². The van der Waals surface area contributed by atoms with Gasteiger partial charge in [-0.1, -0.05) is 187 Å². The van der Waals surface area contributed by atoms with Crippen molar-refractivity contribution in [3.63, 3.8) is 0 Å². The van der Waals surface area contributed by atoms with Crippen LogP contribution in [0.2, 0.25) is 0 Å². The standard InChI is InChI=1S/C60H61NO/c1-56(2,3)37-22-25-44-46-27-24-41(35-51(46)60(12,13)49(44)33-37)61(40-23-26-45-43-18-14-16-20-48(43)59(10,11)50(45)34-40)52-29-28-42(54-47-19-15-17-21-53(47)62-55(52)54)36-30-38(57(4,5)6)32-39(31-36)58(7,8)9/h14-35H,1-13H3. The van der Waals surface area contributed by atoms with Gasteiger partial charge in [-0.25, -0.2) is 0 Å². The largest absolute Gasteiger partial charge is 0.454 e. The van der Waals surface area contributed by atoms with Crippen molar-refractivity contribution in [3.05, 3.63) is 172 Å². The first kappa shape index (κ1) is 40.2. The zero-order valence-electron chi connectivity index (χ0n) is 39.1. The van der Waals surface area contributed by atoms with Crippen LogP contribution in [0.1, 0.15) is 129 Å². The topological polar surface area (TPSA) is 16.4 Å². The Bertz CT molecular complexity index is 3100. The van der Waals surface area contributed by atoms with Gasteiger partial charge in [-0.3, -0.25) is 0 Å². The maximum atomic E-state index is 7.14. The Morgan fingerprint density at radius 1 is 0.419 bits per heavy atom. The normalized spacial score (nSPS) is 15.1. The Kier molecular flexibility index (Phi) is 8.64. The Morgan fingerprint density at radius 2 is 0.903 bits per heavy atom. The molecule has 8 aromatic rings. The average Bonchev–Trinajstić information content (AvgIpc) is 3.80. The van der Waals surface area contributed by atoms with Gasteiger partial charge in [0.2, 0.25) is 0 Å². The first-order valence-electron chi connectivity index (χ1n) is 22.6. The molecule has 0 aliphatic heterocycles. The Labute approximate surface area is 369 Å². The lowest BCUT2D eigenvalue weighted by atomic mass is 9.78. The molecule has 312 valence electrons. The van der Waals surface area contributed by atoms with Crippen LogP contribution in [0.4, 0.5) is 17.1 Å². The minimum absolute atomic E-state index is 0.0132. The van der Waals surface area contributed by atoms with Crippen molar-refractivity contribution in [3.8, 4) is 33.4 Å². The van der Waals surface area contributed by atoms with Crippen LogP contribution in [0.3, 0.4) is 0 Å². The smallest absolute Gasteiger partial charge is 0.160 e. The van der Waals surface area contributed by atoms with Crippen LogP contribution in [0.15, 0.2) is 138 Å². The minimum atomic E-state index is -0.184. The van der Waals surface area contributed by atoms with Crippen LogP contribution in [0.25, 0.3) is 55.3 Å². The van der Waals surface area contributed by atoms with Gasteiger partial charge in [-0.15, -0.1) is 0 Å². The summed E-state index contributed by atoms with van der Waals surface area (Å²) in [5.41, 5.74) is 22.0. The zero-order chi connectivity index (χ0) is 43.9. The highest BCUT2D eigenvalue weighted by molar-refractivity contribution is 6.17. The molecule has 0 saturated carbocycles. The molecule has 0 amide bonds. The van der Waals surface area contributed by atoms with Gasteiger partial charge in [0.1, 0.15) is 5.58 Å². The molecule has 10 rings (SSSR count). The lowest BCUT2D eigenvalue weighted by molar-refractivity contribution is 0.569. The second-order valence-electron chi connectivity index (χ2n) is 22.3.